The van der Waals surface area contributed by atoms with Gasteiger partial charge in [0.25, 0.3) is 0 Å². The summed E-state index contributed by atoms with van der Waals surface area (Å²) >= 11 is 5.56. The summed E-state index contributed by atoms with van der Waals surface area (Å²) in [6.07, 6.45) is 3.92. The summed E-state index contributed by atoms with van der Waals surface area (Å²) < 4.78 is 4.46. The lowest BCUT2D eigenvalue weighted by Crippen LogP contribution is -2.49. The van der Waals surface area contributed by atoms with Gasteiger partial charge in [-0.05, 0) is 37.2 Å². The fourth-order valence-electron chi connectivity index (χ4n) is 3.09. The third-order valence-electron chi connectivity index (χ3n) is 4.71. The molecule has 0 radical (unpaired) electrons. The first-order valence-electron chi connectivity index (χ1n) is 8.43. The van der Waals surface area contributed by atoms with Crippen LogP contribution in [0.15, 0.2) is 36.7 Å². The van der Waals surface area contributed by atoms with Crippen LogP contribution in [0.4, 0.5) is 0 Å². The highest BCUT2D eigenvalue weighted by atomic mass is 32.1. The number of nitrogens with zero attached hydrogens (tertiary/aromatic N) is 5. The third-order valence-corrected chi connectivity index (χ3v) is 5.12. The van der Waals surface area contributed by atoms with E-state index in [-0.39, 0.29) is 0 Å². The lowest BCUT2D eigenvalue weighted by Gasteiger charge is -2.34. The van der Waals surface area contributed by atoms with Gasteiger partial charge in [-0.1, -0.05) is 18.2 Å². The third kappa shape index (κ3) is 3.14. The van der Waals surface area contributed by atoms with Crippen LogP contribution in [-0.4, -0.2) is 56.2 Å². The molecule has 2 aromatic rings. The molecule has 0 N–H and O–H groups in total. The van der Waals surface area contributed by atoms with Crippen LogP contribution in [0.1, 0.15) is 12.8 Å². The number of carbonyl (C=O) groups is 1. The molecule has 1 saturated carbocycles. The van der Waals surface area contributed by atoms with Gasteiger partial charge in [0, 0.05) is 37.8 Å². The van der Waals surface area contributed by atoms with Gasteiger partial charge in [0.1, 0.15) is 6.33 Å². The molecule has 1 saturated heterocycles. The molecule has 1 amide bonds. The van der Waals surface area contributed by atoms with Crippen LogP contribution >= 0.6 is 12.2 Å². The molecule has 1 aromatic heterocycles. The van der Waals surface area contributed by atoms with E-state index >= 15 is 0 Å². The highest BCUT2D eigenvalue weighted by molar-refractivity contribution is 7.71. The predicted molar refractivity (Wildman–Crippen MR) is 93.3 cm³/mol. The summed E-state index contributed by atoms with van der Waals surface area (Å²) in [5, 5.41) is 4.43. The molecule has 0 unspecified atom stereocenters. The molecule has 2 heterocycles. The van der Waals surface area contributed by atoms with Crippen molar-refractivity contribution < 1.29 is 4.79 Å². The van der Waals surface area contributed by atoms with Crippen LogP contribution in [0.3, 0.4) is 0 Å². The van der Waals surface area contributed by atoms with Crippen molar-refractivity contribution in [1.82, 2.24) is 24.1 Å². The van der Waals surface area contributed by atoms with Crippen LogP contribution in [0.2, 0.25) is 0 Å². The minimum atomic E-state index is 0.312. The first kappa shape index (κ1) is 15.5. The van der Waals surface area contributed by atoms with Crippen molar-refractivity contribution in [2.75, 3.05) is 26.2 Å². The molecule has 1 aromatic carbocycles. The second-order valence-corrected chi connectivity index (χ2v) is 6.84. The van der Waals surface area contributed by atoms with Crippen LogP contribution < -0.4 is 0 Å². The Labute approximate surface area is 146 Å². The molecular weight excluding hydrogens is 322 g/mol. The van der Waals surface area contributed by atoms with Gasteiger partial charge in [-0.15, -0.1) is 0 Å². The fraction of sp³-hybridized carbons (Fsp3) is 0.471. The molecule has 0 spiro atoms. The highest BCUT2D eigenvalue weighted by Crippen LogP contribution is 2.31. The number of rotatable bonds is 4. The molecule has 126 valence electrons. The Morgan fingerprint density at radius 3 is 2.50 bits per heavy atom. The molecule has 0 bridgehead atoms. The Balaban J connectivity index is 1.39. The maximum absolute atomic E-state index is 12.1. The van der Waals surface area contributed by atoms with E-state index in [1.807, 2.05) is 44.5 Å². The SMILES string of the molecule is O=C(C1CC1)N1CCN(Cn2ncn(-c3ccccc3)c2=S)CC1. The average Bonchev–Trinajstić information content (AvgIpc) is 3.41. The minimum absolute atomic E-state index is 0.312. The number of aromatic nitrogens is 3. The van der Waals surface area contributed by atoms with Gasteiger partial charge in [0.05, 0.1) is 6.67 Å². The van der Waals surface area contributed by atoms with Crippen molar-refractivity contribution in [3.8, 4) is 5.69 Å². The maximum Gasteiger partial charge on any atom is 0.225 e. The average molecular weight is 343 g/mol. The zero-order valence-electron chi connectivity index (χ0n) is 13.5. The van der Waals surface area contributed by atoms with Gasteiger partial charge in [-0.2, -0.15) is 5.10 Å². The van der Waals surface area contributed by atoms with Crippen molar-refractivity contribution in [3.05, 3.63) is 41.4 Å². The fourth-order valence-corrected chi connectivity index (χ4v) is 3.34. The van der Waals surface area contributed by atoms with Gasteiger partial charge in [0.2, 0.25) is 10.7 Å². The second-order valence-electron chi connectivity index (χ2n) is 6.48. The number of hydrogen-bond donors (Lipinski definition) is 0. The van der Waals surface area contributed by atoms with Gasteiger partial charge in [0.15, 0.2) is 0 Å². The summed E-state index contributed by atoms with van der Waals surface area (Å²) in [6, 6.07) is 10.0. The molecule has 1 aliphatic heterocycles. The standard InChI is InChI=1S/C17H21N5OS/c23-16(14-6-7-14)20-10-8-19(9-11-20)13-22-17(24)21(12-18-22)15-4-2-1-3-5-15/h1-5,12,14H,6-11,13H2. The normalized spacial score (nSPS) is 18.8. The summed E-state index contributed by atoms with van der Waals surface area (Å²) in [4.78, 5) is 16.4. The van der Waals surface area contributed by atoms with Crippen molar-refractivity contribution in [2.45, 2.75) is 19.5 Å². The second kappa shape index (κ2) is 6.49. The van der Waals surface area contributed by atoms with E-state index in [9.17, 15) is 4.79 Å². The van der Waals surface area contributed by atoms with Crippen LogP contribution in [0.5, 0.6) is 0 Å². The highest BCUT2D eigenvalue weighted by Gasteiger charge is 2.34. The molecule has 4 rings (SSSR count). The van der Waals surface area contributed by atoms with E-state index in [0.29, 0.717) is 23.3 Å². The topological polar surface area (TPSA) is 46.3 Å². The van der Waals surface area contributed by atoms with E-state index in [0.717, 1.165) is 44.7 Å². The van der Waals surface area contributed by atoms with Crippen molar-refractivity contribution in [2.24, 2.45) is 5.92 Å². The first-order valence-corrected chi connectivity index (χ1v) is 8.84. The quantitative estimate of drug-likeness (QED) is 0.796. The number of amides is 1. The van der Waals surface area contributed by atoms with Crippen molar-refractivity contribution in [1.29, 1.82) is 0 Å². The maximum atomic E-state index is 12.1. The predicted octanol–water partition coefficient (Wildman–Crippen LogP) is 1.91. The van der Waals surface area contributed by atoms with E-state index in [1.165, 1.54) is 0 Å². The van der Waals surface area contributed by atoms with Gasteiger partial charge in [-0.25, -0.2) is 4.68 Å². The monoisotopic (exact) mass is 343 g/mol. The van der Waals surface area contributed by atoms with Crippen molar-refractivity contribution in [3.63, 3.8) is 0 Å². The largest absolute Gasteiger partial charge is 0.340 e. The van der Waals surface area contributed by atoms with Gasteiger partial charge in [-0.3, -0.25) is 14.3 Å². The van der Waals surface area contributed by atoms with Crippen LogP contribution in [0.25, 0.3) is 5.69 Å². The number of benzene rings is 1. The number of hydrogen-bond acceptors (Lipinski definition) is 4. The van der Waals surface area contributed by atoms with E-state index in [2.05, 4.69) is 10.00 Å². The molecule has 2 fully saturated rings. The molecule has 0 atom stereocenters. The Morgan fingerprint density at radius 2 is 1.83 bits per heavy atom. The number of para-hydroxylation sites is 1. The lowest BCUT2D eigenvalue weighted by atomic mass is 10.3. The molecule has 6 nitrogen and oxygen atoms in total. The Bertz CT molecular complexity index is 772. The molecule has 1 aliphatic carbocycles. The van der Waals surface area contributed by atoms with Crippen LogP contribution in [-0.2, 0) is 11.5 Å². The Morgan fingerprint density at radius 1 is 1.12 bits per heavy atom. The zero-order valence-corrected chi connectivity index (χ0v) is 14.4. The summed E-state index contributed by atoms with van der Waals surface area (Å²) in [6.45, 7) is 4.03. The summed E-state index contributed by atoms with van der Waals surface area (Å²) in [5.41, 5.74) is 1.02. The summed E-state index contributed by atoms with van der Waals surface area (Å²) in [5.74, 6) is 0.659. The molecular formula is C17H21N5OS. The first-order chi connectivity index (χ1) is 11.7. The number of piperazine rings is 1. The summed E-state index contributed by atoms with van der Waals surface area (Å²) in [7, 11) is 0. The van der Waals surface area contributed by atoms with E-state index in [4.69, 9.17) is 12.2 Å². The molecule has 24 heavy (non-hydrogen) atoms. The smallest absolute Gasteiger partial charge is 0.225 e. The van der Waals surface area contributed by atoms with Gasteiger partial charge >= 0.3 is 0 Å². The van der Waals surface area contributed by atoms with Crippen molar-refractivity contribution >= 4 is 18.1 Å². The molecule has 2 aliphatic rings. The zero-order chi connectivity index (χ0) is 16.5. The minimum Gasteiger partial charge on any atom is -0.340 e. The lowest BCUT2D eigenvalue weighted by molar-refractivity contribution is -0.134. The Kier molecular flexibility index (Phi) is 4.20. The molecule has 7 heteroatoms. The van der Waals surface area contributed by atoms with Crippen LogP contribution in [0, 0.1) is 10.7 Å². The van der Waals surface area contributed by atoms with E-state index in [1.54, 1.807) is 6.33 Å². The van der Waals surface area contributed by atoms with E-state index < -0.39 is 0 Å². The Hall–Kier alpha value is -1.99. The van der Waals surface area contributed by atoms with Gasteiger partial charge < -0.3 is 4.90 Å². The number of carbonyl (C=O) groups excluding carboxylic acids is 1.